The Kier molecular flexibility index (Phi) is 6.41. The molecule has 0 aliphatic carbocycles. The van der Waals surface area contributed by atoms with Gasteiger partial charge in [0.2, 0.25) is 6.10 Å². The first-order valence-electron chi connectivity index (χ1n) is 9.83. The number of ether oxygens (including phenoxy) is 3. The Bertz CT molecular complexity index is 1220. The van der Waals surface area contributed by atoms with E-state index in [1.54, 1.807) is 36.4 Å². The van der Waals surface area contributed by atoms with Crippen molar-refractivity contribution in [2.24, 2.45) is 0 Å². The number of nitrogens with one attached hydrogen (secondary N) is 1. The molecular formula is C23H17ClN2O7. The van der Waals surface area contributed by atoms with E-state index >= 15 is 0 Å². The fourth-order valence-electron chi connectivity index (χ4n) is 3.16. The van der Waals surface area contributed by atoms with Gasteiger partial charge in [-0.15, -0.1) is 0 Å². The summed E-state index contributed by atoms with van der Waals surface area (Å²) in [5.74, 6) is -0.495. The van der Waals surface area contributed by atoms with E-state index in [1.165, 1.54) is 24.3 Å². The molecule has 0 spiro atoms. The smallest absolute Gasteiger partial charge is 0.339 e. The van der Waals surface area contributed by atoms with Gasteiger partial charge in [0.15, 0.2) is 11.5 Å². The van der Waals surface area contributed by atoms with Crippen molar-refractivity contribution in [2.45, 2.75) is 6.10 Å². The topological polar surface area (TPSA) is 117 Å². The number of hydrogen-bond acceptors (Lipinski definition) is 7. The molecule has 1 amide bonds. The molecule has 0 saturated heterocycles. The van der Waals surface area contributed by atoms with Crippen LogP contribution in [-0.4, -0.2) is 30.0 Å². The Morgan fingerprint density at radius 3 is 2.42 bits per heavy atom. The second kappa shape index (κ2) is 9.58. The van der Waals surface area contributed by atoms with Crippen molar-refractivity contribution in [3.8, 4) is 11.5 Å². The summed E-state index contributed by atoms with van der Waals surface area (Å²) < 4.78 is 16.5. The first-order valence-corrected chi connectivity index (χ1v) is 10.2. The number of halogens is 1. The molecule has 0 fully saturated rings. The van der Waals surface area contributed by atoms with Crippen molar-refractivity contribution in [3.05, 3.63) is 93.0 Å². The van der Waals surface area contributed by atoms with Gasteiger partial charge in [-0.2, -0.15) is 0 Å². The quantitative estimate of drug-likeness (QED) is 0.320. The summed E-state index contributed by atoms with van der Waals surface area (Å²) in [5, 5.41) is 13.5. The van der Waals surface area contributed by atoms with Gasteiger partial charge in [0, 0.05) is 17.7 Å². The molecule has 168 valence electrons. The minimum atomic E-state index is -1.31. The van der Waals surface area contributed by atoms with E-state index in [1.807, 2.05) is 0 Å². The van der Waals surface area contributed by atoms with Crippen molar-refractivity contribution in [1.82, 2.24) is 0 Å². The maximum Gasteiger partial charge on any atom is 0.339 e. The number of hydrogen-bond donors (Lipinski definition) is 1. The van der Waals surface area contributed by atoms with Crippen LogP contribution in [-0.2, 0) is 9.53 Å². The maximum atomic E-state index is 13.1. The molecule has 10 heteroatoms. The van der Waals surface area contributed by atoms with Gasteiger partial charge in [-0.25, -0.2) is 4.79 Å². The predicted octanol–water partition coefficient (Wildman–Crippen LogP) is 4.56. The first-order chi connectivity index (χ1) is 15.9. The van der Waals surface area contributed by atoms with Crippen LogP contribution >= 0.6 is 11.6 Å². The standard InChI is InChI=1S/C23H17ClN2O7/c24-17-13-16(26(29)30)7-8-18(17)25-22(27)21(14-4-2-1-3-5-14)33-23(28)15-6-9-19-20(12-15)32-11-10-31-19/h1-9,12-13,21H,10-11H2,(H,25,27). The molecule has 3 aromatic carbocycles. The van der Waals surface area contributed by atoms with Gasteiger partial charge >= 0.3 is 5.97 Å². The lowest BCUT2D eigenvalue weighted by Crippen LogP contribution is -2.26. The molecule has 0 radical (unpaired) electrons. The molecule has 1 N–H and O–H groups in total. The van der Waals surface area contributed by atoms with Gasteiger partial charge in [0.05, 0.1) is 21.2 Å². The number of carbonyl (C=O) groups excluding carboxylic acids is 2. The third-order valence-electron chi connectivity index (χ3n) is 4.76. The van der Waals surface area contributed by atoms with Gasteiger partial charge in [-0.05, 0) is 24.3 Å². The summed E-state index contributed by atoms with van der Waals surface area (Å²) in [6, 6.07) is 16.7. The van der Waals surface area contributed by atoms with Crippen LogP contribution in [0.5, 0.6) is 11.5 Å². The van der Waals surface area contributed by atoms with Crippen LogP contribution in [0.25, 0.3) is 0 Å². The van der Waals surface area contributed by atoms with Crippen LogP contribution in [0.1, 0.15) is 22.0 Å². The van der Waals surface area contributed by atoms with Gasteiger partial charge in [-0.3, -0.25) is 14.9 Å². The Hall–Kier alpha value is -4.11. The van der Waals surface area contributed by atoms with E-state index in [0.29, 0.717) is 30.3 Å². The fourth-order valence-corrected chi connectivity index (χ4v) is 3.39. The summed E-state index contributed by atoms with van der Waals surface area (Å²) in [4.78, 5) is 36.2. The fraction of sp³-hybridized carbons (Fsp3) is 0.130. The predicted molar refractivity (Wildman–Crippen MR) is 119 cm³/mol. The highest BCUT2D eigenvalue weighted by molar-refractivity contribution is 6.34. The van der Waals surface area contributed by atoms with Crippen molar-refractivity contribution in [1.29, 1.82) is 0 Å². The summed E-state index contributed by atoms with van der Waals surface area (Å²) in [5.41, 5.74) is 0.534. The second-order valence-corrected chi connectivity index (χ2v) is 7.37. The lowest BCUT2D eigenvalue weighted by molar-refractivity contribution is -0.384. The number of anilines is 1. The van der Waals surface area contributed by atoms with Gasteiger partial charge in [0.25, 0.3) is 11.6 Å². The maximum absolute atomic E-state index is 13.1. The van der Waals surface area contributed by atoms with E-state index in [-0.39, 0.29) is 22.0 Å². The van der Waals surface area contributed by atoms with Gasteiger partial charge in [-0.1, -0.05) is 41.9 Å². The largest absolute Gasteiger partial charge is 0.486 e. The van der Waals surface area contributed by atoms with Crippen LogP contribution in [0, 0.1) is 10.1 Å². The minimum Gasteiger partial charge on any atom is -0.486 e. The molecule has 1 unspecified atom stereocenters. The zero-order valence-corrected chi connectivity index (χ0v) is 17.8. The Labute approximate surface area is 193 Å². The summed E-state index contributed by atoms with van der Waals surface area (Å²) in [7, 11) is 0. The average molecular weight is 469 g/mol. The molecule has 1 heterocycles. The summed E-state index contributed by atoms with van der Waals surface area (Å²) in [6.45, 7) is 0.773. The second-order valence-electron chi connectivity index (χ2n) is 6.96. The SMILES string of the molecule is O=C(OC(C(=O)Nc1ccc([N+](=O)[O-])cc1Cl)c1ccccc1)c1ccc2c(c1)OCCO2. The molecule has 0 aromatic heterocycles. The molecule has 1 aliphatic rings. The monoisotopic (exact) mass is 468 g/mol. The molecule has 33 heavy (non-hydrogen) atoms. The number of non-ortho nitro benzene ring substituents is 1. The number of nitrogens with zero attached hydrogens (tertiary/aromatic N) is 1. The number of benzene rings is 3. The number of nitro benzene ring substituents is 1. The van der Waals surface area contributed by atoms with E-state index < -0.39 is 22.9 Å². The molecular weight excluding hydrogens is 452 g/mol. The Morgan fingerprint density at radius 2 is 1.73 bits per heavy atom. The Morgan fingerprint density at radius 1 is 1.00 bits per heavy atom. The highest BCUT2D eigenvalue weighted by atomic mass is 35.5. The number of nitro groups is 1. The number of carbonyl (C=O) groups is 2. The van der Waals surface area contributed by atoms with Crippen LogP contribution in [0.15, 0.2) is 66.7 Å². The molecule has 0 bridgehead atoms. The van der Waals surface area contributed by atoms with E-state index in [4.69, 9.17) is 25.8 Å². The molecule has 9 nitrogen and oxygen atoms in total. The first kappa shape index (κ1) is 22.1. The van der Waals surface area contributed by atoms with Crippen LogP contribution < -0.4 is 14.8 Å². The minimum absolute atomic E-state index is 0.0254. The number of rotatable bonds is 6. The Balaban J connectivity index is 1.57. The highest BCUT2D eigenvalue weighted by Crippen LogP contribution is 2.32. The van der Waals surface area contributed by atoms with Crippen LogP contribution in [0.2, 0.25) is 5.02 Å². The van der Waals surface area contributed by atoms with Crippen LogP contribution in [0.3, 0.4) is 0 Å². The number of fused-ring (bicyclic) bond motifs is 1. The van der Waals surface area contributed by atoms with Crippen molar-refractivity contribution < 1.29 is 28.7 Å². The molecule has 1 atom stereocenters. The van der Waals surface area contributed by atoms with E-state index in [2.05, 4.69) is 5.32 Å². The summed E-state index contributed by atoms with van der Waals surface area (Å²) >= 11 is 6.08. The number of amides is 1. The molecule has 0 saturated carbocycles. The van der Waals surface area contributed by atoms with Crippen LogP contribution in [0.4, 0.5) is 11.4 Å². The lowest BCUT2D eigenvalue weighted by Gasteiger charge is -2.20. The van der Waals surface area contributed by atoms with Gasteiger partial charge in [0.1, 0.15) is 13.2 Å². The normalized spacial score (nSPS) is 13.0. The van der Waals surface area contributed by atoms with Crippen molar-refractivity contribution in [2.75, 3.05) is 18.5 Å². The zero-order chi connectivity index (χ0) is 23.4. The molecule has 1 aliphatic heterocycles. The molecule has 3 aromatic rings. The van der Waals surface area contributed by atoms with Gasteiger partial charge < -0.3 is 19.5 Å². The third-order valence-corrected chi connectivity index (χ3v) is 5.08. The van der Waals surface area contributed by atoms with Crippen molar-refractivity contribution in [3.63, 3.8) is 0 Å². The van der Waals surface area contributed by atoms with Crippen molar-refractivity contribution >= 4 is 34.9 Å². The van der Waals surface area contributed by atoms with E-state index in [9.17, 15) is 19.7 Å². The third kappa shape index (κ3) is 5.04. The average Bonchev–Trinajstić information content (AvgIpc) is 2.83. The lowest BCUT2D eigenvalue weighted by atomic mass is 10.1. The molecule has 4 rings (SSSR count). The highest BCUT2D eigenvalue weighted by Gasteiger charge is 2.27. The zero-order valence-electron chi connectivity index (χ0n) is 17.0. The number of esters is 1. The van der Waals surface area contributed by atoms with E-state index in [0.717, 1.165) is 6.07 Å². The summed E-state index contributed by atoms with van der Waals surface area (Å²) in [6.07, 6.45) is -1.31.